The summed E-state index contributed by atoms with van der Waals surface area (Å²) < 4.78 is 11.0. The van der Waals surface area contributed by atoms with Crippen molar-refractivity contribution in [3.63, 3.8) is 0 Å². The molecule has 0 aromatic carbocycles. The van der Waals surface area contributed by atoms with Crippen LogP contribution in [0.5, 0.6) is 0 Å². The largest absolute Gasteiger partial charge is 0.464 e. The fourth-order valence-electron chi connectivity index (χ4n) is 4.79. The van der Waals surface area contributed by atoms with Gasteiger partial charge in [0.2, 0.25) is 5.91 Å². The molecule has 0 spiro atoms. The highest BCUT2D eigenvalue weighted by Gasteiger charge is 2.45. The second-order valence-corrected chi connectivity index (χ2v) is 10.2. The molecular formula is C23H38N2O5. The first-order valence-electron chi connectivity index (χ1n) is 11.7. The Labute approximate surface area is 180 Å². The van der Waals surface area contributed by atoms with Crippen LogP contribution in [-0.2, 0) is 19.1 Å². The molecule has 0 radical (unpaired) electrons. The van der Waals surface area contributed by atoms with Crippen molar-refractivity contribution in [3.8, 4) is 0 Å². The number of carbonyl (C=O) groups excluding carboxylic acids is 3. The van der Waals surface area contributed by atoms with Gasteiger partial charge in [-0.25, -0.2) is 9.59 Å². The summed E-state index contributed by atoms with van der Waals surface area (Å²) in [6.07, 6.45) is 9.14. The van der Waals surface area contributed by atoms with Crippen LogP contribution in [0, 0.1) is 17.8 Å². The highest BCUT2D eigenvalue weighted by Crippen LogP contribution is 2.29. The maximum absolute atomic E-state index is 12.4. The molecule has 170 valence electrons. The number of nitrogens with zero attached hydrogens (tertiary/aromatic N) is 1. The van der Waals surface area contributed by atoms with Gasteiger partial charge in [0.1, 0.15) is 11.6 Å². The number of esters is 1. The van der Waals surface area contributed by atoms with Crippen molar-refractivity contribution in [1.82, 2.24) is 10.2 Å². The number of nitrogens with one attached hydrogen (secondary N) is 1. The van der Waals surface area contributed by atoms with E-state index in [1.807, 2.05) is 20.8 Å². The van der Waals surface area contributed by atoms with E-state index in [0.29, 0.717) is 38.0 Å². The lowest BCUT2D eigenvalue weighted by Crippen LogP contribution is -2.62. The lowest BCUT2D eigenvalue weighted by atomic mass is 9.82. The summed E-state index contributed by atoms with van der Waals surface area (Å²) >= 11 is 0. The molecule has 0 bridgehead atoms. The normalized spacial score (nSPS) is 27.8. The summed E-state index contributed by atoms with van der Waals surface area (Å²) in [4.78, 5) is 38.6. The highest BCUT2D eigenvalue weighted by molar-refractivity contribution is 5.97. The maximum atomic E-state index is 12.4. The molecule has 7 heteroatoms. The number of rotatable bonds is 6. The summed E-state index contributed by atoms with van der Waals surface area (Å²) in [6, 6.07) is -0.508. The van der Waals surface area contributed by atoms with Crippen LogP contribution in [0.4, 0.5) is 4.79 Å². The molecule has 7 nitrogen and oxygen atoms in total. The number of ether oxygens (including phenoxy) is 2. The number of likely N-dealkylation sites (tertiary alicyclic amines) is 1. The summed E-state index contributed by atoms with van der Waals surface area (Å²) in [7, 11) is 0. The van der Waals surface area contributed by atoms with E-state index in [9.17, 15) is 14.4 Å². The molecule has 2 unspecified atom stereocenters. The van der Waals surface area contributed by atoms with E-state index < -0.39 is 11.6 Å². The summed E-state index contributed by atoms with van der Waals surface area (Å²) in [5.74, 6) is 0.149. The SMILES string of the molecule is CC(C)(C)OC(=O)N1CCCC(CC[C@H]2C(=O)NC2C(=O)OCC2CCCCC2)C1. The van der Waals surface area contributed by atoms with E-state index in [2.05, 4.69) is 5.32 Å². The summed E-state index contributed by atoms with van der Waals surface area (Å²) in [5, 5.41) is 2.72. The molecule has 2 amide bonds. The zero-order valence-corrected chi connectivity index (χ0v) is 18.8. The summed E-state index contributed by atoms with van der Waals surface area (Å²) in [6.45, 7) is 7.45. The van der Waals surface area contributed by atoms with Crippen LogP contribution < -0.4 is 5.32 Å². The van der Waals surface area contributed by atoms with Gasteiger partial charge in [-0.15, -0.1) is 0 Å². The Balaban J connectivity index is 1.41. The van der Waals surface area contributed by atoms with Crippen LogP contribution in [-0.4, -0.2) is 54.2 Å². The predicted molar refractivity (Wildman–Crippen MR) is 113 cm³/mol. The molecule has 3 aliphatic rings. The van der Waals surface area contributed by atoms with Crippen LogP contribution in [0.1, 0.15) is 78.6 Å². The van der Waals surface area contributed by atoms with Crippen LogP contribution in [0.3, 0.4) is 0 Å². The zero-order chi connectivity index (χ0) is 21.7. The minimum atomic E-state index is -0.508. The molecule has 30 heavy (non-hydrogen) atoms. The molecule has 3 atom stereocenters. The van der Waals surface area contributed by atoms with E-state index in [0.717, 1.165) is 32.1 Å². The molecular weight excluding hydrogens is 384 g/mol. The van der Waals surface area contributed by atoms with Crippen LogP contribution >= 0.6 is 0 Å². The lowest BCUT2D eigenvalue weighted by molar-refractivity contribution is -0.159. The van der Waals surface area contributed by atoms with Gasteiger partial charge in [0.05, 0.1) is 12.5 Å². The van der Waals surface area contributed by atoms with E-state index in [4.69, 9.17) is 9.47 Å². The standard InChI is InChI=1S/C23H38N2O5/c1-23(2,3)30-22(28)25-13-7-10-16(14-25)11-12-18-19(24-20(18)26)21(27)29-15-17-8-5-4-6-9-17/h16-19H,4-15H2,1-3H3,(H,24,26)/t16?,18-,19?/m1/s1. The van der Waals surface area contributed by atoms with Crippen molar-refractivity contribution in [2.24, 2.45) is 17.8 Å². The first-order chi connectivity index (χ1) is 14.2. The Hall–Kier alpha value is -1.79. The third-order valence-corrected chi connectivity index (χ3v) is 6.53. The molecule has 0 aromatic rings. The smallest absolute Gasteiger partial charge is 0.410 e. The Morgan fingerprint density at radius 3 is 2.40 bits per heavy atom. The van der Waals surface area contributed by atoms with E-state index in [1.54, 1.807) is 4.90 Å². The fraction of sp³-hybridized carbons (Fsp3) is 0.870. The summed E-state index contributed by atoms with van der Waals surface area (Å²) in [5.41, 5.74) is -0.501. The average Bonchev–Trinajstić information content (AvgIpc) is 2.70. The number of hydrogen-bond acceptors (Lipinski definition) is 5. The van der Waals surface area contributed by atoms with Crippen LogP contribution in [0.25, 0.3) is 0 Å². The van der Waals surface area contributed by atoms with Crippen molar-refractivity contribution in [1.29, 1.82) is 0 Å². The highest BCUT2D eigenvalue weighted by atomic mass is 16.6. The molecule has 1 aliphatic carbocycles. The van der Waals surface area contributed by atoms with Gasteiger partial charge >= 0.3 is 12.1 Å². The second-order valence-electron chi connectivity index (χ2n) is 10.2. The Bertz CT molecular complexity index is 624. The van der Waals surface area contributed by atoms with Crippen molar-refractivity contribution in [2.45, 2.75) is 90.2 Å². The van der Waals surface area contributed by atoms with Gasteiger partial charge in [0, 0.05) is 13.1 Å². The van der Waals surface area contributed by atoms with Crippen molar-refractivity contribution in [2.75, 3.05) is 19.7 Å². The minimum absolute atomic E-state index is 0.0607. The first-order valence-corrected chi connectivity index (χ1v) is 11.7. The third-order valence-electron chi connectivity index (χ3n) is 6.53. The Morgan fingerprint density at radius 2 is 1.73 bits per heavy atom. The lowest BCUT2D eigenvalue weighted by Gasteiger charge is -2.38. The van der Waals surface area contributed by atoms with Crippen molar-refractivity contribution < 1.29 is 23.9 Å². The van der Waals surface area contributed by atoms with Gasteiger partial charge in [-0.3, -0.25) is 4.79 Å². The topological polar surface area (TPSA) is 84.9 Å². The number of β-lactam (4-membered cyclic amide) rings is 1. The third kappa shape index (κ3) is 6.35. The minimum Gasteiger partial charge on any atom is -0.464 e. The van der Waals surface area contributed by atoms with Gasteiger partial charge < -0.3 is 19.7 Å². The monoisotopic (exact) mass is 422 g/mol. The molecule has 3 rings (SSSR count). The van der Waals surface area contributed by atoms with Crippen LogP contribution in [0.15, 0.2) is 0 Å². The number of hydrogen-bond donors (Lipinski definition) is 1. The van der Waals surface area contributed by atoms with E-state index in [-0.39, 0.29) is 23.9 Å². The molecule has 0 aromatic heterocycles. The molecule has 2 aliphatic heterocycles. The predicted octanol–water partition coefficient (Wildman–Crippen LogP) is 3.65. The molecule has 1 saturated carbocycles. The van der Waals surface area contributed by atoms with Gasteiger partial charge in [0.15, 0.2) is 0 Å². The fourth-order valence-corrected chi connectivity index (χ4v) is 4.79. The van der Waals surface area contributed by atoms with E-state index >= 15 is 0 Å². The number of piperidine rings is 1. The van der Waals surface area contributed by atoms with E-state index in [1.165, 1.54) is 19.3 Å². The Morgan fingerprint density at radius 1 is 1.03 bits per heavy atom. The number of amides is 2. The maximum Gasteiger partial charge on any atom is 0.410 e. The van der Waals surface area contributed by atoms with Gasteiger partial charge in [0.25, 0.3) is 0 Å². The van der Waals surface area contributed by atoms with Crippen molar-refractivity contribution >= 4 is 18.0 Å². The molecule has 3 fully saturated rings. The Kier molecular flexibility index (Phi) is 7.64. The van der Waals surface area contributed by atoms with Gasteiger partial charge in [-0.1, -0.05) is 19.3 Å². The quantitative estimate of drug-likeness (QED) is 0.522. The molecule has 1 N–H and O–H groups in total. The first kappa shape index (κ1) is 22.9. The van der Waals surface area contributed by atoms with Gasteiger partial charge in [-0.2, -0.15) is 0 Å². The second kappa shape index (κ2) is 10.0. The van der Waals surface area contributed by atoms with Crippen molar-refractivity contribution in [3.05, 3.63) is 0 Å². The molecule has 2 heterocycles. The van der Waals surface area contributed by atoms with Gasteiger partial charge in [-0.05, 0) is 71.1 Å². The average molecular weight is 423 g/mol. The molecule has 2 saturated heterocycles. The van der Waals surface area contributed by atoms with Crippen LogP contribution in [0.2, 0.25) is 0 Å². The zero-order valence-electron chi connectivity index (χ0n) is 18.8. The number of carbonyl (C=O) groups is 3.